The van der Waals surface area contributed by atoms with Crippen LogP contribution >= 0.6 is 0 Å². The van der Waals surface area contributed by atoms with Gasteiger partial charge in [-0.25, -0.2) is 0 Å². The topological polar surface area (TPSA) is 35.6 Å². The number of nitrogens with zero attached hydrogens (tertiary/aromatic N) is 2. The van der Waals surface area contributed by atoms with E-state index in [0.29, 0.717) is 12.5 Å². The molecule has 2 aliphatic rings. The molecule has 2 heterocycles. The molecule has 1 N–H and O–H groups in total. The standard InChI is InChI=1S/C12H23N3O/c1-14(9-11-3-5-13-6-4-11)10-12(16)15-7-2-8-15/h11,13H,2-10H2,1H3. The highest BCUT2D eigenvalue weighted by Gasteiger charge is 2.22. The van der Waals surface area contributed by atoms with Gasteiger partial charge in [-0.1, -0.05) is 0 Å². The molecule has 92 valence electrons. The number of likely N-dealkylation sites (tertiary alicyclic amines) is 1. The van der Waals surface area contributed by atoms with Crippen LogP contribution in [-0.2, 0) is 4.79 Å². The molecule has 4 nitrogen and oxygen atoms in total. The molecular weight excluding hydrogens is 202 g/mol. The highest BCUT2D eigenvalue weighted by molar-refractivity contribution is 5.78. The van der Waals surface area contributed by atoms with Crippen LogP contribution in [0, 0.1) is 5.92 Å². The van der Waals surface area contributed by atoms with Gasteiger partial charge >= 0.3 is 0 Å². The minimum atomic E-state index is 0.308. The van der Waals surface area contributed by atoms with Crippen LogP contribution < -0.4 is 5.32 Å². The van der Waals surface area contributed by atoms with E-state index in [1.54, 1.807) is 0 Å². The van der Waals surface area contributed by atoms with E-state index in [2.05, 4.69) is 17.3 Å². The Morgan fingerprint density at radius 1 is 1.38 bits per heavy atom. The summed E-state index contributed by atoms with van der Waals surface area (Å²) < 4.78 is 0. The van der Waals surface area contributed by atoms with Gasteiger partial charge in [0.25, 0.3) is 0 Å². The number of amides is 1. The molecule has 0 aromatic heterocycles. The Balaban J connectivity index is 1.66. The minimum Gasteiger partial charge on any atom is -0.341 e. The zero-order valence-corrected chi connectivity index (χ0v) is 10.2. The van der Waals surface area contributed by atoms with Crippen molar-refractivity contribution in [1.29, 1.82) is 0 Å². The van der Waals surface area contributed by atoms with Gasteiger partial charge in [-0.05, 0) is 45.3 Å². The van der Waals surface area contributed by atoms with Gasteiger partial charge in [0, 0.05) is 19.6 Å². The van der Waals surface area contributed by atoms with Crippen molar-refractivity contribution in [3.05, 3.63) is 0 Å². The summed E-state index contributed by atoms with van der Waals surface area (Å²) in [6.45, 7) is 5.89. The molecule has 0 atom stereocenters. The van der Waals surface area contributed by atoms with Crippen LogP contribution in [0.25, 0.3) is 0 Å². The molecular formula is C12H23N3O. The van der Waals surface area contributed by atoms with E-state index in [-0.39, 0.29) is 0 Å². The minimum absolute atomic E-state index is 0.308. The average Bonchev–Trinajstić information content (AvgIpc) is 2.15. The lowest BCUT2D eigenvalue weighted by molar-refractivity contribution is -0.135. The number of hydrogen-bond acceptors (Lipinski definition) is 3. The zero-order valence-electron chi connectivity index (χ0n) is 10.2. The molecule has 0 radical (unpaired) electrons. The third-order valence-electron chi connectivity index (χ3n) is 3.64. The summed E-state index contributed by atoms with van der Waals surface area (Å²) in [4.78, 5) is 15.9. The first kappa shape index (κ1) is 11.9. The molecule has 0 unspecified atom stereocenters. The maximum absolute atomic E-state index is 11.7. The number of rotatable bonds is 4. The Kier molecular flexibility index (Phi) is 4.18. The number of likely N-dealkylation sites (N-methyl/N-ethyl adjacent to an activating group) is 1. The number of hydrogen-bond donors (Lipinski definition) is 1. The van der Waals surface area contributed by atoms with Crippen molar-refractivity contribution in [2.75, 3.05) is 46.3 Å². The fourth-order valence-electron chi connectivity index (χ4n) is 2.47. The second-order valence-electron chi connectivity index (χ2n) is 5.12. The van der Waals surface area contributed by atoms with Crippen molar-refractivity contribution in [3.8, 4) is 0 Å². The maximum atomic E-state index is 11.7. The number of carbonyl (C=O) groups is 1. The fraction of sp³-hybridized carbons (Fsp3) is 0.917. The van der Waals surface area contributed by atoms with Crippen LogP contribution in [0.3, 0.4) is 0 Å². The van der Waals surface area contributed by atoms with Gasteiger partial charge in [0.1, 0.15) is 0 Å². The van der Waals surface area contributed by atoms with Crippen molar-refractivity contribution < 1.29 is 4.79 Å². The monoisotopic (exact) mass is 225 g/mol. The van der Waals surface area contributed by atoms with Gasteiger partial charge in [-0.2, -0.15) is 0 Å². The molecule has 0 bridgehead atoms. The van der Waals surface area contributed by atoms with Crippen molar-refractivity contribution in [2.45, 2.75) is 19.3 Å². The van der Waals surface area contributed by atoms with Gasteiger partial charge < -0.3 is 10.2 Å². The molecule has 16 heavy (non-hydrogen) atoms. The predicted octanol–water partition coefficient (Wildman–Crippen LogP) is 0.150. The Labute approximate surface area is 98.0 Å². The summed E-state index contributed by atoms with van der Waals surface area (Å²) in [5, 5.41) is 3.37. The van der Waals surface area contributed by atoms with Gasteiger partial charge in [0.2, 0.25) is 5.91 Å². The van der Waals surface area contributed by atoms with Crippen molar-refractivity contribution in [2.24, 2.45) is 5.92 Å². The molecule has 2 rings (SSSR count). The third kappa shape index (κ3) is 3.19. The predicted molar refractivity (Wildman–Crippen MR) is 64.3 cm³/mol. The first-order valence-electron chi connectivity index (χ1n) is 6.43. The summed E-state index contributed by atoms with van der Waals surface area (Å²) in [6, 6.07) is 0. The van der Waals surface area contributed by atoms with E-state index in [0.717, 1.165) is 38.6 Å². The van der Waals surface area contributed by atoms with E-state index in [4.69, 9.17) is 0 Å². The lowest BCUT2D eigenvalue weighted by atomic mass is 9.98. The van der Waals surface area contributed by atoms with Crippen molar-refractivity contribution in [1.82, 2.24) is 15.1 Å². The van der Waals surface area contributed by atoms with Crippen LogP contribution in [0.15, 0.2) is 0 Å². The van der Waals surface area contributed by atoms with E-state index in [1.807, 2.05) is 4.90 Å². The van der Waals surface area contributed by atoms with Crippen LogP contribution in [-0.4, -0.2) is 62.0 Å². The van der Waals surface area contributed by atoms with Gasteiger partial charge in [-0.15, -0.1) is 0 Å². The van der Waals surface area contributed by atoms with E-state index in [9.17, 15) is 4.79 Å². The lowest BCUT2D eigenvalue weighted by Crippen LogP contribution is -2.47. The molecule has 1 amide bonds. The Hall–Kier alpha value is -0.610. The SMILES string of the molecule is CN(CC(=O)N1CCC1)CC1CCNCC1. The summed E-state index contributed by atoms with van der Waals surface area (Å²) >= 11 is 0. The summed E-state index contributed by atoms with van der Waals surface area (Å²) in [5.41, 5.74) is 0. The van der Waals surface area contributed by atoms with Gasteiger partial charge in [0.15, 0.2) is 0 Å². The van der Waals surface area contributed by atoms with E-state index < -0.39 is 0 Å². The molecule has 4 heteroatoms. The summed E-state index contributed by atoms with van der Waals surface area (Å²) in [7, 11) is 2.07. The molecule has 2 aliphatic heterocycles. The molecule has 0 aromatic rings. The summed E-state index contributed by atoms with van der Waals surface area (Å²) in [6.07, 6.45) is 3.69. The van der Waals surface area contributed by atoms with Crippen LogP contribution in [0.5, 0.6) is 0 Å². The second kappa shape index (κ2) is 5.64. The molecule has 2 saturated heterocycles. The second-order valence-corrected chi connectivity index (χ2v) is 5.12. The number of piperidine rings is 1. The summed E-state index contributed by atoms with van der Waals surface area (Å²) in [5.74, 6) is 1.08. The highest BCUT2D eigenvalue weighted by Crippen LogP contribution is 2.13. The fourth-order valence-corrected chi connectivity index (χ4v) is 2.47. The maximum Gasteiger partial charge on any atom is 0.236 e. The lowest BCUT2D eigenvalue weighted by Gasteiger charge is -2.33. The Bertz CT molecular complexity index is 234. The smallest absolute Gasteiger partial charge is 0.236 e. The highest BCUT2D eigenvalue weighted by atomic mass is 16.2. The number of nitrogens with one attached hydrogen (secondary N) is 1. The number of carbonyl (C=O) groups excluding carboxylic acids is 1. The molecule has 0 saturated carbocycles. The van der Waals surface area contributed by atoms with E-state index in [1.165, 1.54) is 19.3 Å². The van der Waals surface area contributed by atoms with Crippen LogP contribution in [0.1, 0.15) is 19.3 Å². The van der Waals surface area contributed by atoms with Crippen molar-refractivity contribution in [3.63, 3.8) is 0 Å². The zero-order chi connectivity index (χ0) is 11.4. The van der Waals surface area contributed by atoms with Crippen molar-refractivity contribution >= 4 is 5.91 Å². The molecule has 2 fully saturated rings. The third-order valence-corrected chi connectivity index (χ3v) is 3.64. The Morgan fingerprint density at radius 2 is 2.06 bits per heavy atom. The quantitative estimate of drug-likeness (QED) is 0.740. The van der Waals surface area contributed by atoms with Gasteiger partial charge in [0.05, 0.1) is 6.54 Å². The molecule has 0 spiro atoms. The molecule has 0 aliphatic carbocycles. The van der Waals surface area contributed by atoms with E-state index >= 15 is 0 Å². The first-order chi connectivity index (χ1) is 7.75. The van der Waals surface area contributed by atoms with Crippen LogP contribution in [0.4, 0.5) is 0 Å². The van der Waals surface area contributed by atoms with Crippen LogP contribution in [0.2, 0.25) is 0 Å². The average molecular weight is 225 g/mol. The first-order valence-corrected chi connectivity index (χ1v) is 6.43. The van der Waals surface area contributed by atoms with Gasteiger partial charge in [-0.3, -0.25) is 9.69 Å². The molecule has 0 aromatic carbocycles. The Morgan fingerprint density at radius 3 is 2.62 bits per heavy atom. The normalized spacial score (nSPS) is 22.2. The largest absolute Gasteiger partial charge is 0.341 e.